The molecule has 0 aromatic heterocycles. The summed E-state index contributed by atoms with van der Waals surface area (Å²) in [6.45, 7) is 1.60. The van der Waals surface area contributed by atoms with Gasteiger partial charge in [-0.25, -0.2) is 5.43 Å². The molecule has 184 valence electrons. The topological polar surface area (TPSA) is 109 Å². The van der Waals surface area contributed by atoms with Crippen LogP contribution in [0.25, 0.3) is 0 Å². The van der Waals surface area contributed by atoms with Crippen LogP contribution in [0.2, 0.25) is 0 Å². The zero-order valence-corrected chi connectivity index (χ0v) is 19.8. The molecule has 2 amide bonds. The lowest BCUT2D eigenvalue weighted by Gasteiger charge is -2.37. The van der Waals surface area contributed by atoms with Crippen LogP contribution in [0.15, 0.2) is 5.10 Å². The SMILES string of the molecule is CN1C(=NNC(=O)C(=O)C(NC(=O)C2CCCCC2)C2CCOCC2)OCC12CCCCC2. The Hall–Kier alpha value is -2.16. The van der Waals surface area contributed by atoms with E-state index in [0.29, 0.717) is 38.7 Å². The normalized spacial score (nSPS) is 26.1. The average molecular weight is 463 g/mol. The first-order valence-electron chi connectivity index (χ1n) is 12.7. The second-order valence-corrected chi connectivity index (χ2v) is 10.1. The molecule has 4 aliphatic rings. The lowest BCUT2D eigenvalue weighted by molar-refractivity contribution is -0.142. The van der Waals surface area contributed by atoms with Gasteiger partial charge in [-0.1, -0.05) is 38.5 Å². The van der Waals surface area contributed by atoms with Gasteiger partial charge in [-0.05, 0) is 44.4 Å². The van der Waals surface area contributed by atoms with Crippen molar-refractivity contribution in [2.24, 2.45) is 16.9 Å². The van der Waals surface area contributed by atoms with E-state index >= 15 is 0 Å². The molecule has 2 saturated heterocycles. The van der Waals surface area contributed by atoms with Gasteiger partial charge in [0.05, 0.1) is 5.54 Å². The Balaban J connectivity index is 1.40. The van der Waals surface area contributed by atoms with Crippen LogP contribution in [0.1, 0.15) is 77.0 Å². The number of amides is 2. The molecule has 0 bridgehead atoms. The number of ether oxygens (including phenoxy) is 2. The molecule has 2 aliphatic carbocycles. The number of nitrogens with zero attached hydrogens (tertiary/aromatic N) is 2. The van der Waals surface area contributed by atoms with E-state index in [9.17, 15) is 14.4 Å². The third-order valence-corrected chi connectivity index (χ3v) is 8.02. The summed E-state index contributed by atoms with van der Waals surface area (Å²) in [5.41, 5.74) is 2.33. The summed E-state index contributed by atoms with van der Waals surface area (Å²) in [5, 5.41) is 7.06. The van der Waals surface area contributed by atoms with Gasteiger partial charge in [0.25, 0.3) is 0 Å². The van der Waals surface area contributed by atoms with Gasteiger partial charge in [-0.3, -0.25) is 14.4 Å². The molecule has 2 heterocycles. The third kappa shape index (κ3) is 5.50. The number of hydrogen-bond donors (Lipinski definition) is 2. The quantitative estimate of drug-likeness (QED) is 0.462. The molecule has 2 N–H and O–H groups in total. The zero-order chi connectivity index (χ0) is 23.3. The van der Waals surface area contributed by atoms with Gasteiger partial charge in [0.1, 0.15) is 12.6 Å². The maximum Gasteiger partial charge on any atom is 0.309 e. The van der Waals surface area contributed by atoms with Crippen LogP contribution >= 0.6 is 0 Å². The fraction of sp³-hybridized carbons (Fsp3) is 0.833. The third-order valence-electron chi connectivity index (χ3n) is 8.02. The lowest BCUT2D eigenvalue weighted by Crippen LogP contribution is -2.53. The van der Waals surface area contributed by atoms with Crippen molar-refractivity contribution >= 4 is 23.6 Å². The van der Waals surface area contributed by atoms with E-state index < -0.39 is 17.7 Å². The van der Waals surface area contributed by atoms with E-state index in [1.807, 2.05) is 11.9 Å². The van der Waals surface area contributed by atoms with Crippen LogP contribution in [0.5, 0.6) is 0 Å². The van der Waals surface area contributed by atoms with Gasteiger partial charge in [-0.15, -0.1) is 5.10 Å². The van der Waals surface area contributed by atoms with Crippen LogP contribution in [-0.2, 0) is 23.9 Å². The Morgan fingerprint density at radius 2 is 1.67 bits per heavy atom. The number of carbonyl (C=O) groups excluding carboxylic acids is 3. The number of rotatable bonds is 6. The lowest BCUT2D eigenvalue weighted by atomic mass is 9.82. The van der Waals surface area contributed by atoms with Crippen molar-refractivity contribution < 1.29 is 23.9 Å². The molecule has 33 heavy (non-hydrogen) atoms. The summed E-state index contributed by atoms with van der Waals surface area (Å²) in [5.74, 6) is -1.78. The van der Waals surface area contributed by atoms with E-state index in [1.165, 1.54) is 6.42 Å². The van der Waals surface area contributed by atoms with Gasteiger partial charge < -0.3 is 19.7 Å². The maximum absolute atomic E-state index is 13.2. The largest absolute Gasteiger partial charge is 0.461 e. The van der Waals surface area contributed by atoms with Crippen molar-refractivity contribution in [3.05, 3.63) is 0 Å². The van der Waals surface area contributed by atoms with Crippen molar-refractivity contribution in [2.75, 3.05) is 26.9 Å². The number of amidine groups is 1. The highest BCUT2D eigenvalue weighted by molar-refractivity contribution is 6.38. The predicted molar refractivity (Wildman–Crippen MR) is 122 cm³/mol. The van der Waals surface area contributed by atoms with Gasteiger partial charge in [-0.2, -0.15) is 0 Å². The molecule has 9 nitrogen and oxygen atoms in total. The standard InChI is InChI=1S/C24H38N4O5/c1-28-23(33-16-24(28)12-6-3-7-13-24)27-26-22(31)20(29)19(17-10-14-32-15-11-17)25-21(30)18-8-4-2-5-9-18/h17-19H,2-16H2,1H3,(H,25,30)(H,26,31). The summed E-state index contributed by atoms with van der Waals surface area (Å²) < 4.78 is 11.2. The number of nitrogens with one attached hydrogen (secondary N) is 2. The fourth-order valence-electron chi connectivity index (χ4n) is 5.77. The first-order chi connectivity index (χ1) is 16.0. The van der Waals surface area contributed by atoms with Gasteiger partial charge >= 0.3 is 11.9 Å². The highest BCUT2D eigenvalue weighted by Gasteiger charge is 2.45. The summed E-state index contributed by atoms with van der Waals surface area (Å²) in [4.78, 5) is 40.8. The second-order valence-electron chi connectivity index (χ2n) is 10.1. The van der Waals surface area contributed by atoms with Crippen LogP contribution in [0.3, 0.4) is 0 Å². The molecule has 2 saturated carbocycles. The highest BCUT2D eigenvalue weighted by atomic mass is 16.5. The summed E-state index contributed by atoms with van der Waals surface area (Å²) in [7, 11) is 1.93. The highest BCUT2D eigenvalue weighted by Crippen LogP contribution is 2.37. The number of hydrogen-bond acceptors (Lipinski definition) is 6. The molecule has 2 aliphatic heterocycles. The van der Waals surface area contributed by atoms with Crippen molar-refractivity contribution in [1.29, 1.82) is 0 Å². The van der Waals surface area contributed by atoms with Crippen LogP contribution in [0, 0.1) is 11.8 Å². The monoisotopic (exact) mass is 462 g/mol. The van der Waals surface area contributed by atoms with Gasteiger partial charge in [0.15, 0.2) is 0 Å². The number of Topliss-reactive ketones (excluding diaryl/α,β-unsaturated/α-hetero) is 1. The van der Waals surface area contributed by atoms with Gasteiger partial charge in [0, 0.05) is 26.2 Å². The van der Waals surface area contributed by atoms with Crippen molar-refractivity contribution in [3.63, 3.8) is 0 Å². The molecule has 1 spiro atoms. The van der Waals surface area contributed by atoms with Crippen molar-refractivity contribution in [3.8, 4) is 0 Å². The minimum absolute atomic E-state index is 0.0651. The molecule has 1 atom stereocenters. The first kappa shape index (κ1) is 24.0. The van der Waals surface area contributed by atoms with E-state index in [-0.39, 0.29) is 23.3 Å². The number of carbonyl (C=O) groups is 3. The van der Waals surface area contributed by atoms with E-state index in [2.05, 4.69) is 15.8 Å². The zero-order valence-electron chi connectivity index (χ0n) is 19.8. The second kappa shape index (κ2) is 10.8. The molecule has 0 aromatic rings. The first-order valence-corrected chi connectivity index (χ1v) is 12.7. The Kier molecular flexibility index (Phi) is 7.88. The van der Waals surface area contributed by atoms with Crippen molar-refractivity contribution in [1.82, 2.24) is 15.6 Å². The molecule has 0 radical (unpaired) electrons. The van der Waals surface area contributed by atoms with Gasteiger partial charge in [0.2, 0.25) is 11.7 Å². The summed E-state index contributed by atoms with van der Waals surface area (Å²) in [6.07, 6.45) is 11.8. The molecule has 0 aromatic carbocycles. The number of ketones is 1. The Morgan fingerprint density at radius 1 is 1.00 bits per heavy atom. The van der Waals surface area contributed by atoms with E-state index in [0.717, 1.165) is 57.8 Å². The average Bonchev–Trinajstić information content (AvgIpc) is 3.16. The summed E-state index contributed by atoms with van der Waals surface area (Å²) in [6, 6.07) is -0.512. The smallest absolute Gasteiger partial charge is 0.309 e. The predicted octanol–water partition coefficient (Wildman–Crippen LogP) is 2.10. The number of hydrazone groups is 1. The Bertz CT molecular complexity index is 752. The van der Waals surface area contributed by atoms with Crippen molar-refractivity contribution in [2.45, 2.75) is 88.6 Å². The molecular weight excluding hydrogens is 424 g/mol. The minimum Gasteiger partial charge on any atom is -0.461 e. The van der Waals surface area contributed by atoms with Crippen LogP contribution in [-0.4, -0.2) is 67.0 Å². The van der Waals surface area contributed by atoms with Crippen LogP contribution < -0.4 is 10.7 Å². The Labute approximate surface area is 196 Å². The summed E-state index contributed by atoms with van der Waals surface area (Å²) >= 11 is 0. The maximum atomic E-state index is 13.2. The van der Waals surface area contributed by atoms with Crippen LogP contribution in [0.4, 0.5) is 0 Å². The molecular formula is C24H38N4O5. The fourth-order valence-corrected chi connectivity index (χ4v) is 5.77. The molecule has 1 unspecified atom stereocenters. The molecule has 9 heteroatoms. The molecule has 4 rings (SSSR count). The minimum atomic E-state index is -0.851. The van der Waals surface area contributed by atoms with E-state index in [1.54, 1.807) is 0 Å². The van der Waals surface area contributed by atoms with E-state index in [4.69, 9.17) is 9.47 Å². The Morgan fingerprint density at radius 3 is 2.36 bits per heavy atom. The molecule has 4 fully saturated rings. The number of likely N-dealkylation sites (N-methyl/N-ethyl adjacent to an activating group) is 1.